The maximum Gasteiger partial charge on any atom is 0.325 e. The highest BCUT2D eigenvalue weighted by Gasteiger charge is 2.13. The fourth-order valence-electron chi connectivity index (χ4n) is 1.83. The van der Waals surface area contributed by atoms with Crippen LogP contribution in [0.4, 0.5) is 4.79 Å². The molecule has 1 heterocycles. The van der Waals surface area contributed by atoms with Gasteiger partial charge in [0.05, 0.1) is 6.26 Å². The van der Waals surface area contributed by atoms with Crippen molar-refractivity contribution in [1.82, 2.24) is 16.0 Å². The van der Waals surface area contributed by atoms with E-state index >= 15 is 0 Å². The van der Waals surface area contributed by atoms with Crippen LogP contribution in [0.15, 0.2) is 53.1 Å². The van der Waals surface area contributed by atoms with Gasteiger partial charge in [0, 0.05) is 6.54 Å². The van der Waals surface area contributed by atoms with Crippen molar-refractivity contribution >= 4 is 23.8 Å². The van der Waals surface area contributed by atoms with Gasteiger partial charge in [-0.3, -0.25) is 19.7 Å². The average molecular weight is 359 g/mol. The fraction of sp³-hybridized carbons (Fsp3) is 0.176. The van der Waals surface area contributed by atoms with Crippen molar-refractivity contribution in [1.29, 1.82) is 0 Å². The maximum atomic E-state index is 11.6. The van der Waals surface area contributed by atoms with E-state index in [1.54, 1.807) is 0 Å². The summed E-state index contributed by atoms with van der Waals surface area (Å²) in [6.07, 6.45) is 1.32. The van der Waals surface area contributed by atoms with Crippen LogP contribution in [0.25, 0.3) is 0 Å². The van der Waals surface area contributed by atoms with Gasteiger partial charge in [-0.1, -0.05) is 30.3 Å². The van der Waals surface area contributed by atoms with Gasteiger partial charge in [-0.05, 0) is 17.7 Å². The van der Waals surface area contributed by atoms with E-state index in [4.69, 9.17) is 4.42 Å². The van der Waals surface area contributed by atoms with Crippen molar-refractivity contribution in [3.8, 4) is 0 Å². The van der Waals surface area contributed by atoms with Gasteiger partial charge in [-0.2, -0.15) is 0 Å². The third-order valence-corrected chi connectivity index (χ3v) is 3.05. The van der Waals surface area contributed by atoms with Crippen molar-refractivity contribution in [2.45, 2.75) is 6.54 Å². The molecule has 3 N–H and O–H groups in total. The Morgan fingerprint density at radius 1 is 0.962 bits per heavy atom. The summed E-state index contributed by atoms with van der Waals surface area (Å²) >= 11 is 0. The van der Waals surface area contributed by atoms with Crippen molar-refractivity contribution in [2.24, 2.45) is 0 Å². The lowest BCUT2D eigenvalue weighted by Gasteiger charge is -2.08. The molecule has 1 aromatic heterocycles. The number of hydrogen-bond acceptors (Lipinski definition) is 6. The number of furan rings is 1. The number of nitrogens with one attached hydrogen (secondary N) is 3. The molecule has 2 rings (SSSR count). The Morgan fingerprint density at radius 3 is 2.42 bits per heavy atom. The molecule has 26 heavy (non-hydrogen) atoms. The molecule has 4 amide bonds. The molecule has 0 bridgehead atoms. The third-order valence-electron chi connectivity index (χ3n) is 3.05. The molecular weight excluding hydrogens is 342 g/mol. The number of esters is 1. The first-order chi connectivity index (χ1) is 12.5. The highest BCUT2D eigenvalue weighted by molar-refractivity contribution is 5.96. The molecule has 0 radical (unpaired) electrons. The van der Waals surface area contributed by atoms with E-state index in [9.17, 15) is 19.2 Å². The van der Waals surface area contributed by atoms with Gasteiger partial charge in [0.15, 0.2) is 12.4 Å². The van der Waals surface area contributed by atoms with E-state index < -0.39 is 37.0 Å². The fourth-order valence-corrected chi connectivity index (χ4v) is 1.83. The molecule has 0 aliphatic rings. The van der Waals surface area contributed by atoms with Gasteiger partial charge in [0.2, 0.25) is 0 Å². The van der Waals surface area contributed by atoms with Crippen LogP contribution in [0.5, 0.6) is 0 Å². The van der Waals surface area contributed by atoms with E-state index in [0.717, 1.165) is 5.56 Å². The molecule has 0 aliphatic carbocycles. The molecule has 0 spiro atoms. The Morgan fingerprint density at radius 2 is 1.73 bits per heavy atom. The first-order valence-electron chi connectivity index (χ1n) is 7.63. The van der Waals surface area contributed by atoms with Crippen LogP contribution in [0.1, 0.15) is 16.1 Å². The summed E-state index contributed by atoms with van der Waals surface area (Å²) in [5.41, 5.74) is 0.869. The normalized spacial score (nSPS) is 9.85. The first kappa shape index (κ1) is 18.7. The van der Waals surface area contributed by atoms with Crippen molar-refractivity contribution < 1.29 is 28.3 Å². The quantitative estimate of drug-likeness (QED) is 0.621. The minimum atomic E-state index is -0.829. The molecule has 0 unspecified atom stereocenters. The van der Waals surface area contributed by atoms with Gasteiger partial charge < -0.3 is 19.8 Å². The summed E-state index contributed by atoms with van der Waals surface area (Å²) in [5, 5.41) is 6.79. The SMILES string of the molecule is O=C(COC(=O)CNC(=O)c1ccco1)NC(=O)NCc1ccccc1. The number of benzene rings is 1. The predicted octanol–water partition coefficient (Wildman–Crippen LogP) is 0.579. The van der Waals surface area contributed by atoms with Crippen LogP contribution in [-0.4, -0.2) is 37.0 Å². The molecule has 0 fully saturated rings. The number of urea groups is 1. The zero-order valence-electron chi connectivity index (χ0n) is 13.7. The summed E-state index contributed by atoms with van der Waals surface area (Å²) in [6.45, 7) is -0.834. The first-order valence-corrected chi connectivity index (χ1v) is 7.63. The van der Waals surface area contributed by atoms with Crippen LogP contribution in [-0.2, 0) is 20.9 Å². The second-order valence-corrected chi connectivity index (χ2v) is 5.04. The molecule has 0 saturated carbocycles. The maximum absolute atomic E-state index is 11.6. The standard InChI is InChI=1S/C17H17N3O6/c21-14(20-17(24)19-9-12-5-2-1-3-6-12)11-26-15(22)10-18-16(23)13-7-4-8-25-13/h1-8H,9-11H2,(H,18,23)(H2,19,20,21,24). The smallest absolute Gasteiger partial charge is 0.325 e. The van der Waals surface area contributed by atoms with E-state index in [2.05, 4.69) is 15.4 Å². The van der Waals surface area contributed by atoms with E-state index in [0.29, 0.717) is 0 Å². The predicted molar refractivity (Wildman–Crippen MR) is 88.8 cm³/mol. The van der Waals surface area contributed by atoms with E-state index in [1.807, 2.05) is 35.6 Å². The second-order valence-electron chi connectivity index (χ2n) is 5.04. The average Bonchev–Trinajstić information content (AvgIpc) is 3.18. The molecule has 0 aliphatic heterocycles. The van der Waals surface area contributed by atoms with Gasteiger partial charge in [-0.15, -0.1) is 0 Å². The Labute approximate surface area is 148 Å². The van der Waals surface area contributed by atoms with E-state index in [-0.39, 0.29) is 12.3 Å². The van der Waals surface area contributed by atoms with Crippen molar-refractivity contribution in [3.05, 3.63) is 60.1 Å². The topological polar surface area (TPSA) is 127 Å². The molecule has 136 valence electrons. The summed E-state index contributed by atoms with van der Waals surface area (Å²) in [4.78, 5) is 46.1. The molecule has 1 aromatic carbocycles. The lowest BCUT2D eigenvalue weighted by atomic mass is 10.2. The van der Waals surface area contributed by atoms with Gasteiger partial charge in [0.25, 0.3) is 11.8 Å². The largest absolute Gasteiger partial charge is 0.459 e. The van der Waals surface area contributed by atoms with Gasteiger partial charge >= 0.3 is 12.0 Å². The van der Waals surface area contributed by atoms with Crippen molar-refractivity contribution in [2.75, 3.05) is 13.2 Å². The lowest BCUT2D eigenvalue weighted by Crippen LogP contribution is -2.41. The van der Waals surface area contributed by atoms with Gasteiger partial charge in [0.1, 0.15) is 6.54 Å². The van der Waals surface area contributed by atoms with Crippen LogP contribution < -0.4 is 16.0 Å². The monoisotopic (exact) mass is 359 g/mol. The Kier molecular flexibility index (Phi) is 6.93. The van der Waals surface area contributed by atoms with Crippen LogP contribution in [0.2, 0.25) is 0 Å². The zero-order valence-corrected chi connectivity index (χ0v) is 13.7. The highest BCUT2D eigenvalue weighted by atomic mass is 16.5. The van der Waals surface area contributed by atoms with Crippen LogP contribution in [0.3, 0.4) is 0 Å². The Hall–Kier alpha value is -3.62. The van der Waals surface area contributed by atoms with Crippen LogP contribution in [0, 0.1) is 0 Å². The minimum Gasteiger partial charge on any atom is -0.459 e. The Balaban J connectivity index is 1.60. The summed E-state index contributed by atoms with van der Waals surface area (Å²) in [5.74, 6) is -2.16. The third kappa shape index (κ3) is 6.48. The molecule has 0 saturated heterocycles. The zero-order chi connectivity index (χ0) is 18.8. The minimum absolute atomic E-state index is 0.0469. The van der Waals surface area contributed by atoms with E-state index in [1.165, 1.54) is 18.4 Å². The second kappa shape index (κ2) is 9.62. The lowest BCUT2D eigenvalue weighted by molar-refractivity contribution is -0.147. The summed E-state index contributed by atoms with van der Waals surface area (Å²) < 4.78 is 9.51. The Bertz CT molecular complexity index is 758. The number of ether oxygens (including phenoxy) is 1. The van der Waals surface area contributed by atoms with Crippen LogP contribution >= 0.6 is 0 Å². The number of hydrogen-bond donors (Lipinski definition) is 3. The molecule has 2 aromatic rings. The highest BCUT2D eigenvalue weighted by Crippen LogP contribution is 1.99. The van der Waals surface area contributed by atoms with Gasteiger partial charge in [-0.25, -0.2) is 4.79 Å². The molecule has 0 atom stereocenters. The molecule has 9 nitrogen and oxygen atoms in total. The number of amides is 4. The number of imide groups is 1. The summed E-state index contributed by atoms with van der Waals surface area (Å²) in [7, 11) is 0. The molecular formula is C17H17N3O6. The number of carbonyl (C=O) groups excluding carboxylic acids is 4. The molecule has 9 heteroatoms. The summed E-state index contributed by atoms with van der Waals surface area (Å²) in [6, 6.07) is 11.4. The number of rotatable bonds is 7. The van der Waals surface area contributed by atoms with Crippen molar-refractivity contribution in [3.63, 3.8) is 0 Å². The number of carbonyl (C=O) groups is 4.